The fourth-order valence-corrected chi connectivity index (χ4v) is 5.28. The van der Waals surface area contributed by atoms with Crippen LogP contribution in [0.25, 0.3) is 0 Å². The molecule has 1 aliphatic heterocycles. The highest BCUT2D eigenvalue weighted by atomic mass is 32.2. The summed E-state index contributed by atoms with van der Waals surface area (Å²) in [6.45, 7) is 1.22. The fraction of sp³-hybridized carbons (Fsp3) is 0.435. The van der Waals surface area contributed by atoms with Gasteiger partial charge < -0.3 is 10.4 Å². The number of nitrogens with one attached hydrogen (secondary N) is 1. The van der Waals surface area contributed by atoms with Gasteiger partial charge in [-0.15, -0.1) is 0 Å². The van der Waals surface area contributed by atoms with Crippen LogP contribution in [0.1, 0.15) is 49.3 Å². The Balaban J connectivity index is 1.63. The minimum Gasteiger partial charge on any atom is -0.396 e. The molecule has 30 heavy (non-hydrogen) atoms. The molecule has 2 aromatic rings. The summed E-state index contributed by atoms with van der Waals surface area (Å²) < 4.78 is 27.0. The highest BCUT2D eigenvalue weighted by molar-refractivity contribution is 7.89. The van der Waals surface area contributed by atoms with E-state index in [1.165, 1.54) is 0 Å². The third-order valence-electron chi connectivity index (χ3n) is 5.43. The standard InChI is InChI=1S/C23H30N2O4S/c26-17-7-10-22(20-8-3-1-4-9-20)24-23(27)18-19-11-13-21(14-12-19)30(28,29)25-15-5-2-6-16-25/h1,3-4,8-9,11-14,22,26H,2,5-7,10,15-18H2,(H,24,27). The van der Waals surface area contributed by atoms with Crippen LogP contribution in [0.5, 0.6) is 0 Å². The van der Waals surface area contributed by atoms with Crippen LogP contribution in [0.4, 0.5) is 0 Å². The molecule has 162 valence electrons. The molecule has 1 heterocycles. The summed E-state index contributed by atoms with van der Waals surface area (Å²) in [7, 11) is -3.46. The number of carbonyl (C=O) groups is 1. The molecule has 0 spiro atoms. The van der Waals surface area contributed by atoms with Gasteiger partial charge in [-0.2, -0.15) is 4.31 Å². The zero-order valence-corrected chi connectivity index (χ0v) is 18.0. The van der Waals surface area contributed by atoms with E-state index in [0.29, 0.717) is 25.9 Å². The van der Waals surface area contributed by atoms with E-state index in [-0.39, 0.29) is 29.9 Å². The number of benzene rings is 2. The van der Waals surface area contributed by atoms with Gasteiger partial charge >= 0.3 is 0 Å². The summed E-state index contributed by atoms with van der Waals surface area (Å²) in [5.41, 5.74) is 1.77. The lowest BCUT2D eigenvalue weighted by Gasteiger charge is -2.25. The van der Waals surface area contributed by atoms with Crippen molar-refractivity contribution < 1.29 is 18.3 Å². The average Bonchev–Trinajstić information content (AvgIpc) is 2.78. The lowest BCUT2D eigenvalue weighted by Crippen LogP contribution is -2.35. The van der Waals surface area contributed by atoms with E-state index >= 15 is 0 Å². The van der Waals surface area contributed by atoms with Crippen molar-refractivity contribution in [3.63, 3.8) is 0 Å². The van der Waals surface area contributed by atoms with Crippen LogP contribution in [-0.4, -0.2) is 43.4 Å². The number of hydrogen-bond acceptors (Lipinski definition) is 4. The van der Waals surface area contributed by atoms with E-state index < -0.39 is 10.0 Å². The molecule has 1 amide bonds. The lowest BCUT2D eigenvalue weighted by atomic mass is 10.0. The highest BCUT2D eigenvalue weighted by Gasteiger charge is 2.25. The Morgan fingerprint density at radius 1 is 1.00 bits per heavy atom. The van der Waals surface area contributed by atoms with Crippen LogP contribution in [0, 0.1) is 0 Å². The number of sulfonamides is 1. The third-order valence-corrected chi connectivity index (χ3v) is 7.34. The Morgan fingerprint density at radius 2 is 1.67 bits per heavy atom. The number of amides is 1. The van der Waals surface area contributed by atoms with Crippen LogP contribution >= 0.6 is 0 Å². The minimum absolute atomic E-state index is 0.0756. The van der Waals surface area contributed by atoms with Gasteiger partial charge in [0.1, 0.15) is 0 Å². The van der Waals surface area contributed by atoms with Crippen LogP contribution < -0.4 is 5.32 Å². The Morgan fingerprint density at radius 3 is 2.30 bits per heavy atom. The molecule has 1 atom stereocenters. The molecule has 3 rings (SSSR count). The zero-order chi connectivity index (χ0) is 21.4. The maximum atomic E-state index is 12.7. The summed E-state index contributed by atoms with van der Waals surface area (Å²) in [6.07, 6.45) is 4.30. The number of nitrogens with zero attached hydrogens (tertiary/aromatic N) is 1. The van der Waals surface area contributed by atoms with E-state index in [4.69, 9.17) is 5.11 Å². The summed E-state index contributed by atoms with van der Waals surface area (Å²) in [4.78, 5) is 12.9. The molecule has 6 nitrogen and oxygen atoms in total. The van der Waals surface area contributed by atoms with Crippen LogP contribution in [0.3, 0.4) is 0 Å². The number of carbonyl (C=O) groups excluding carboxylic acids is 1. The van der Waals surface area contributed by atoms with Crippen molar-refractivity contribution in [1.82, 2.24) is 9.62 Å². The molecule has 7 heteroatoms. The number of aliphatic hydroxyl groups is 1. The van der Waals surface area contributed by atoms with Gasteiger partial charge in [0.2, 0.25) is 15.9 Å². The van der Waals surface area contributed by atoms with Gasteiger partial charge in [-0.1, -0.05) is 48.9 Å². The van der Waals surface area contributed by atoms with Crippen molar-refractivity contribution in [3.05, 3.63) is 65.7 Å². The van der Waals surface area contributed by atoms with Crippen molar-refractivity contribution in [2.75, 3.05) is 19.7 Å². The molecular formula is C23H30N2O4S. The predicted molar refractivity (Wildman–Crippen MR) is 116 cm³/mol. The first-order valence-corrected chi connectivity index (χ1v) is 12.0. The molecule has 0 aliphatic carbocycles. The normalized spacial score (nSPS) is 16.2. The molecule has 1 unspecified atom stereocenters. The van der Waals surface area contributed by atoms with E-state index in [2.05, 4.69) is 5.32 Å². The second kappa shape index (κ2) is 10.7. The number of rotatable bonds is 9. The van der Waals surface area contributed by atoms with Crippen molar-refractivity contribution >= 4 is 15.9 Å². The predicted octanol–water partition coefficient (Wildman–Crippen LogP) is 3.03. The zero-order valence-electron chi connectivity index (χ0n) is 17.2. The second-order valence-electron chi connectivity index (χ2n) is 7.68. The van der Waals surface area contributed by atoms with Crippen molar-refractivity contribution in [1.29, 1.82) is 0 Å². The monoisotopic (exact) mass is 430 g/mol. The first kappa shape index (κ1) is 22.5. The summed E-state index contributed by atoms with van der Waals surface area (Å²) in [6, 6.07) is 16.1. The molecule has 0 saturated carbocycles. The van der Waals surface area contributed by atoms with E-state index in [1.54, 1.807) is 28.6 Å². The van der Waals surface area contributed by atoms with E-state index in [1.807, 2.05) is 30.3 Å². The molecule has 2 aromatic carbocycles. The lowest BCUT2D eigenvalue weighted by molar-refractivity contribution is -0.121. The van der Waals surface area contributed by atoms with Gasteiger partial charge in [0.25, 0.3) is 0 Å². The van der Waals surface area contributed by atoms with Gasteiger partial charge in [0, 0.05) is 19.7 Å². The SMILES string of the molecule is O=C(Cc1ccc(S(=O)(=O)N2CCCCC2)cc1)NC(CCCO)c1ccccc1. The topological polar surface area (TPSA) is 86.7 Å². The number of piperidine rings is 1. The molecule has 1 aliphatic rings. The molecule has 1 saturated heterocycles. The van der Waals surface area contributed by atoms with Gasteiger partial charge in [-0.05, 0) is 48.9 Å². The maximum Gasteiger partial charge on any atom is 0.243 e. The van der Waals surface area contributed by atoms with Gasteiger partial charge in [-0.3, -0.25) is 4.79 Å². The Bertz CT molecular complexity index is 908. The van der Waals surface area contributed by atoms with Gasteiger partial charge in [0.15, 0.2) is 0 Å². The van der Waals surface area contributed by atoms with Crippen LogP contribution in [0.15, 0.2) is 59.5 Å². The molecular weight excluding hydrogens is 400 g/mol. The Kier molecular flexibility index (Phi) is 8.01. The average molecular weight is 431 g/mol. The summed E-state index contributed by atoms with van der Waals surface area (Å²) in [5.74, 6) is -0.131. The minimum atomic E-state index is -3.46. The highest BCUT2D eigenvalue weighted by Crippen LogP contribution is 2.22. The smallest absolute Gasteiger partial charge is 0.243 e. The second-order valence-corrected chi connectivity index (χ2v) is 9.62. The molecule has 0 bridgehead atoms. The van der Waals surface area contributed by atoms with Crippen LogP contribution in [-0.2, 0) is 21.2 Å². The van der Waals surface area contributed by atoms with Crippen LogP contribution in [0.2, 0.25) is 0 Å². The van der Waals surface area contributed by atoms with Crippen molar-refractivity contribution in [2.45, 2.75) is 49.5 Å². The number of hydrogen-bond donors (Lipinski definition) is 2. The Hall–Kier alpha value is -2.22. The quantitative estimate of drug-likeness (QED) is 0.640. The molecule has 2 N–H and O–H groups in total. The van der Waals surface area contributed by atoms with Crippen molar-refractivity contribution in [3.8, 4) is 0 Å². The maximum absolute atomic E-state index is 12.7. The van der Waals surface area contributed by atoms with Gasteiger partial charge in [-0.25, -0.2) is 8.42 Å². The first-order chi connectivity index (χ1) is 14.5. The molecule has 0 aromatic heterocycles. The third kappa shape index (κ3) is 5.90. The molecule has 1 fully saturated rings. The largest absolute Gasteiger partial charge is 0.396 e. The van der Waals surface area contributed by atoms with Gasteiger partial charge in [0.05, 0.1) is 17.4 Å². The first-order valence-electron chi connectivity index (χ1n) is 10.5. The summed E-state index contributed by atoms with van der Waals surface area (Å²) in [5, 5.41) is 12.2. The van der Waals surface area contributed by atoms with Crippen molar-refractivity contribution in [2.24, 2.45) is 0 Å². The molecule has 0 radical (unpaired) electrons. The van der Waals surface area contributed by atoms with E-state index in [0.717, 1.165) is 30.4 Å². The fourth-order valence-electron chi connectivity index (χ4n) is 3.77. The van der Waals surface area contributed by atoms with E-state index in [9.17, 15) is 13.2 Å². The number of aliphatic hydroxyl groups excluding tert-OH is 1. The Labute approximate surface area is 179 Å². The summed E-state index contributed by atoms with van der Waals surface area (Å²) >= 11 is 0.